The van der Waals surface area contributed by atoms with E-state index in [1.165, 1.54) is 0 Å². The number of fused-ring (bicyclic) bond motifs is 1. The summed E-state index contributed by atoms with van der Waals surface area (Å²) in [5.74, 6) is -1.42. The standard InChI is InChI=1S/C9H5ClF2N2O2/c10-9-13-5-1-3(7(11)12)4(8(15)16)2-6(5)14-9/h1-2,7H,(H,13,14)(H,15,16). The highest BCUT2D eigenvalue weighted by Gasteiger charge is 2.20. The highest BCUT2D eigenvalue weighted by molar-refractivity contribution is 6.29. The fourth-order valence-corrected chi connectivity index (χ4v) is 1.60. The van der Waals surface area contributed by atoms with E-state index in [9.17, 15) is 13.6 Å². The molecule has 0 unspecified atom stereocenters. The molecule has 16 heavy (non-hydrogen) atoms. The number of rotatable bonds is 2. The fraction of sp³-hybridized carbons (Fsp3) is 0.111. The molecule has 0 saturated carbocycles. The number of nitrogens with zero attached hydrogens (tertiary/aromatic N) is 1. The van der Waals surface area contributed by atoms with Crippen molar-refractivity contribution >= 4 is 28.6 Å². The third-order valence-corrected chi connectivity index (χ3v) is 2.27. The zero-order valence-corrected chi connectivity index (χ0v) is 8.42. The van der Waals surface area contributed by atoms with Crippen molar-refractivity contribution in [3.05, 3.63) is 28.5 Å². The summed E-state index contributed by atoms with van der Waals surface area (Å²) in [6, 6.07) is 2.11. The summed E-state index contributed by atoms with van der Waals surface area (Å²) < 4.78 is 25.2. The summed E-state index contributed by atoms with van der Waals surface area (Å²) in [7, 11) is 0. The van der Waals surface area contributed by atoms with E-state index in [0.29, 0.717) is 0 Å². The van der Waals surface area contributed by atoms with Gasteiger partial charge in [0.2, 0.25) is 5.28 Å². The van der Waals surface area contributed by atoms with Crippen LogP contribution in [0, 0.1) is 0 Å². The molecule has 0 aliphatic heterocycles. The summed E-state index contributed by atoms with van der Waals surface area (Å²) >= 11 is 5.55. The van der Waals surface area contributed by atoms with Gasteiger partial charge in [-0.15, -0.1) is 0 Å². The quantitative estimate of drug-likeness (QED) is 0.856. The summed E-state index contributed by atoms with van der Waals surface area (Å²) in [6.07, 6.45) is -2.86. The molecule has 0 amide bonds. The van der Waals surface area contributed by atoms with Gasteiger partial charge in [-0.2, -0.15) is 0 Å². The van der Waals surface area contributed by atoms with Crippen LogP contribution < -0.4 is 0 Å². The van der Waals surface area contributed by atoms with Gasteiger partial charge < -0.3 is 10.1 Å². The molecule has 1 heterocycles. The second-order valence-electron chi connectivity index (χ2n) is 3.09. The summed E-state index contributed by atoms with van der Waals surface area (Å²) in [4.78, 5) is 17.1. The number of H-pyrrole nitrogens is 1. The Balaban J connectivity index is 2.75. The van der Waals surface area contributed by atoms with E-state index in [2.05, 4.69) is 9.97 Å². The number of imidazole rings is 1. The number of aromatic amines is 1. The van der Waals surface area contributed by atoms with Gasteiger partial charge in [-0.1, -0.05) is 0 Å². The average Bonchev–Trinajstić information content (AvgIpc) is 2.54. The van der Waals surface area contributed by atoms with Crippen LogP contribution in [0.3, 0.4) is 0 Å². The third-order valence-electron chi connectivity index (χ3n) is 2.09. The first-order valence-corrected chi connectivity index (χ1v) is 4.57. The van der Waals surface area contributed by atoms with Crippen LogP contribution in [-0.4, -0.2) is 21.0 Å². The fourth-order valence-electron chi connectivity index (χ4n) is 1.41. The Labute approximate surface area is 92.9 Å². The lowest BCUT2D eigenvalue weighted by Crippen LogP contribution is -2.02. The number of benzene rings is 1. The van der Waals surface area contributed by atoms with Gasteiger partial charge in [0.05, 0.1) is 16.6 Å². The number of nitrogens with one attached hydrogen (secondary N) is 1. The minimum Gasteiger partial charge on any atom is -0.478 e. The first kappa shape index (κ1) is 10.8. The molecule has 0 aliphatic rings. The number of aromatic nitrogens is 2. The second kappa shape index (κ2) is 3.71. The van der Waals surface area contributed by atoms with Crippen molar-refractivity contribution in [3.8, 4) is 0 Å². The van der Waals surface area contributed by atoms with Crippen molar-refractivity contribution in [1.82, 2.24) is 9.97 Å². The van der Waals surface area contributed by atoms with Crippen molar-refractivity contribution in [1.29, 1.82) is 0 Å². The molecule has 1 aromatic carbocycles. The Morgan fingerprint density at radius 2 is 2.19 bits per heavy atom. The molecule has 7 heteroatoms. The zero-order valence-electron chi connectivity index (χ0n) is 7.67. The lowest BCUT2D eigenvalue weighted by atomic mass is 10.1. The minimum atomic E-state index is -2.86. The van der Waals surface area contributed by atoms with Crippen LogP contribution in [0.25, 0.3) is 11.0 Å². The summed E-state index contributed by atoms with van der Waals surface area (Å²) in [5.41, 5.74) is -0.497. The SMILES string of the molecule is O=C(O)c1cc2nc(Cl)[nH]c2cc1C(F)F. The second-order valence-corrected chi connectivity index (χ2v) is 3.45. The van der Waals surface area contributed by atoms with Crippen LogP contribution in [-0.2, 0) is 0 Å². The van der Waals surface area contributed by atoms with E-state index < -0.39 is 23.5 Å². The number of hydrogen-bond acceptors (Lipinski definition) is 2. The number of halogens is 3. The summed E-state index contributed by atoms with van der Waals surface area (Å²) in [6.45, 7) is 0. The lowest BCUT2D eigenvalue weighted by Gasteiger charge is -2.04. The van der Waals surface area contributed by atoms with Crippen molar-refractivity contribution in [2.45, 2.75) is 6.43 Å². The van der Waals surface area contributed by atoms with Crippen molar-refractivity contribution in [3.63, 3.8) is 0 Å². The Hall–Kier alpha value is -1.69. The van der Waals surface area contributed by atoms with Crippen LogP contribution in [0.5, 0.6) is 0 Å². The van der Waals surface area contributed by atoms with Gasteiger partial charge in [0.1, 0.15) is 0 Å². The first-order chi connectivity index (χ1) is 7.49. The smallest absolute Gasteiger partial charge is 0.336 e. The number of hydrogen-bond donors (Lipinski definition) is 2. The number of carboxylic acids is 1. The molecule has 0 bridgehead atoms. The largest absolute Gasteiger partial charge is 0.478 e. The van der Waals surface area contributed by atoms with Crippen LogP contribution in [0.1, 0.15) is 22.3 Å². The van der Waals surface area contributed by atoms with Crippen LogP contribution in [0.2, 0.25) is 5.28 Å². The van der Waals surface area contributed by atoms with Gasteiger partial charge in [0.15, 0.2) is 0 Å². The minimum absolute atomic E-state index is 0.0257. The Bertz CT molecular complexity index is 568. The van der Waals surface area contributed by atoms with Crippen LogP contribution >= 0.6 is 11.6 Å². The van der Waals surface area contributed by atoms with E-state index in [4.69, 9.17) is 16.7 Å². The number of carbonyl (C=O) groups is 1. The maximum atomic E-state index is 12.6. The molecular formula is C9H5ClF2N2O2. The van der Waals surface area contributed by atoms with Gasteiger partial charge in [-0.25, -0.2) is 18.6 Å². The molecule has 0 radical (unpaired) electrons. The van der Waals surface area contributed by atoms with Gasteiger partial charge in [0, 0.05) is 5.56 Å². The van der Waals surface area contributed by atoms with Gasteiger partial charge in [-0.3, -0.25) is 0 Å². The van der Waals surface area contributed by atoms with E-state index in [0.717, 1.165) is 12.1 Å². The predicted octanol–water partition coefficient (Wildman–Crippen LogP) is 2.85. The van der Waals surface area contributed by atoms with E-state index in [1.807, 2.05) is 0 Å². The summed E-state index contributed by atoms with van der Waals surface area (Å²) in [5, 5.41) is 8.80. The monoisotopic (exact) mass is 246 g/mol. The predicted molar refractivity (Wildman–Crippen MR) is 53.0 cm³/mol. The maximum absolute atomic E-state index is 12.6. The van der Waals surface area contributed by atoms with Crippen molar-refractivity contribution < 1.29 is 18.7 Å². The van der Waals surface area contributed by atoms with E-state index >= 15 is 0 Å². The third kappa shape index (κ3) is 1.71. The molecule has 0 aliphatic carbocycles. The van der Waals surface area contributed by atoms with Gasteiger partial charge in [0.25, 0.3) is 6.43 Å². The molecule has 0 fully saturated rings. The number of alkyl halides is 2. The highest BCUT2D eigenvalue weighted by Crippen LogP contribution is 2.27. The van der Waals surface area contributed by atoms with Gasteiger partial charge >= 0.3 is 5.97 Å². The molecule has 84 valence electrons. The zero-order chi connectivity index (χ0) is 11.9. The maximum Gasteiger partial charge on any atom is 0.336 e. The Morgan fingerprint density at radius 3 is 2.75 bits per heavy atom. The molecule has 0 spiro atoms. The topological polar surface area (TPSA) is 66.0 Å². The molecule has 2 aromatic rings. The number of carboxylic acid groups (broad SMARTS) is 1. The van der Waals surface area contributed by atoms with E-state index in [1.54, 1.807) is 0 Å². The number of aromatic carboxylic acids is 1. The van der Waals surface area contributed by atoms with Crippen molar-refractivity contribution in [2.24, 2.45) is 0 Å². The normalized spacial score (nSPS) is 11.2. The Kier molecular flexibility index (Phi) is 2.51. The molecule has 4 nitrogen and oxygen atoms in total. The van der Waals surface area contributed by atoms with Crippen LogP contribution in [0.15, 0.2) is 12.1 Å². The Morgan fingerprint density at radius 1 is 1.50 bits per heavy atom. The molecule has 2 rings (SSSR count). The molecular weight excluding hydrogens is 242 g/mol. The molecule has 2 N–H and O–H groups in total. The molecule has 0 saturated heterocycles. The molecule has 0 atom stereocenters. The van der Waals surface area contributed by atoms with Crippen molar-refractivity contribution in [2.75, 3.05) is 0 Å². The first-order valence-electron chi connectivity index (χ1n) is 4.19. The molecule has 1 aromatic heterocycles. The van der Waals surface area contributed by atoms with Gasteiger partial charge in [-0.05, 0) is 23.7 Å². The highest BCUT2D eigenvalue weighted by atomic mass is 35.5. The van der Waals surface area contributed by atoms with E-state index in [-0.39, 0.29) is 16.3 Å². The van der Waals surface area contributed by atoms with Crippen LogP contribution in [0.4, 0.5) is 8.78 Å². The lowest BCUT2D eigenvalue weighted by molar-refractivity contribution is 0.0685. The average molecular weight is 247 g/mol.